The molecule has 1 heterocycles. The molecule has 3 amide bonds. The monoisotopic (exact) mass is 417 g/mol. The summed E-state index contributed by atoms with van der Waals surface area (Å²) < 4.78 is 5.10. The largest absolute Gasteiger partial charge is 0.444 e. The molecule has 1 fully saturated rings. The number of hydrogen-bond donors (Lipinski definition) is 2. The number of benzene rings is 1. The third-order valence-electron chi connectivity index (χ3n) is 5.22. The van der Waals surface area contributed by atoms with Crippen molar-refractivity contribution in [1.29, 1.82) is 0 Å². The summed E-state index contributed by atoms with van der Waals surface area (Å²) in [5.41, 5.74) is 1.86. The lowest BCUT2D eigenvalue weighted by Crippen LogP contribution is -2.44. The maximum atomic E-state index is 12.5. The van der Waals surface area contributed by atoms with E-state index in [9.17, 15) is 14.4 Å². The van der Waals surface area contributed by atoms with E-state index in [4.69, 9.17) is 4.74 Å². The number of alkyl carbamates (subject to hydrolysis) is 1. The highest BCUT2D eigenvalue weighted by Gasteiger charge is 2.23. The zero-order chi connectivity index (χ0) is 22.1. The number of nitrogens with zero attached hydrogens (tertiary/aromatic N) is 1. The number of carbonyl (C=O) groups is 3. The molecule has 30 heavy (non-hydrogen) atoms. The molecule has 0 spiro atoms. The summed E-state index contributed by atoms with van der Waals surface area (Å²) in [7, 11) is 0. The van der Waals surface area contributed by atoms with Gasteiger partial charge in [0.05, 0.1) is 6.54 Å². The highest BCUT2D eigenvalue weighted by molar-refractivity contribution is 5.82. The van der Waals surface area contributed by atoms with Crippen LogP contribution in [0.4, 0.5) is 4.79 Å². The number of aryl methyl sites for hydroxylation is 2. The van der Waals surface area contributed by atoms with Crippen LogP contribution in [0.5, 0.6) is 0 Å². The van der Waals surface area contributed by atoms with E-state index in [1.807, 2.05) is 17.0 Å². The molecule has 1 aromatic carbocycles. The molecule has 0 atom stereocenters. The van der Waals surface area contributed by atoms with Gasteiger partial charge < -0.3 is 20.3 Å². The van der Waals surface area contributed by atoms with Gasteiger partial charge in [0.15, 0.2) is 0 Å². The van der Waals surface area contributed by atoms with E-state index in [-0.39, 0.29) is 18.4 Å². The molecule has 0 unspecified atom stereocenters. The van der Waals surface area contributed by atoms with Gasteiger partial charge in [-0.3, -0.25) is 9.59 Å². The second kappa shape index (κ2) is 11.0. The SMILES string of the molecule is Cc1ccccc1CCC(=O)N1CCC(CNC(=O)CNC(=O)OC(C)(C)C)CC1. The number of ether oxygens (including phenoxy) is 1. The lowest BCUT2D eigenvalue weighted by molar-refractivity contribution is -0.132. The van der Waals surface area contributed by atoms with E-state index in [2.05, 4.69) is 29.7 Å². The number of hydrogen-bond acceptors (Lipinski definition) is 4. The summed E-state index contributed by atoms with van der Waals surface area (Å²) >= 11 is 0. The van der Waals surface area contributed by atoms with Crippen molar-refractivity contribution in [2.24, 2.45) is 5.92 Å². The molecular formula is C23H35N3O4. The second-order valence-corrected chi connectivity index (χ2v) is 8.91. The number of rotatable bonds is 7. The molecule has 7 heteroatoms. The van der Waals surface area contributed by atoms with E-state index in [1.165, 1.54) is 11.1 Å². The average molecular weight is 418 g/mol. The van der Waals surface area contributed by atoms with Gasteiger partial charge in [-0.2, -0.15) is 0 Å². The molecule has 1 aromatic rings. The molecule has 0 radical (unpaired) electrons. The zero-order valence-corrected chi connectivity index (χ0v) is 18.6. The zero-order valence-electron chi connectivity index (χ0n) is 18.6. The topological polar surface area (TPSA) is 87.7 Å². The van der Waals surface area contributed by atoms with Crippen LogP contribution >= 0.6 is 0 Å². The number of amides is 3. The fraction of sp³-hybridized carbons (Fsp3) is 0.609. The quantitative estimate of drug-likeness (QED) is 0.714. The fourth-order valence-electron chi connectivity index (χ4n) is 3.46. The molecule has 2 rings (SSSR count). The first-order chi connectivity index (χ1) is 14.1. The first-order valence-corrected chi connectivity index (χ1v) is 10.7. The minimum absolute atomic E-state index is 0.106. The van der Waals surface area contributed by atoms with Crippen molar-refractivity contribution in [3.05, 3.63) is 35.4 Å². The van der Waals surface area contributed by atoms with Gasteiger partial charge in [0, 0.05) is 26.1 Å². The van der Waals surface area contributed by atoms with Crippen LogP contribution in [0.25, 0.3) is 0 Å². The second-order valence-electron chi connectivity index (χ2n) is 8.91. The van der Waals surface area contributed by atoms with Gasteiger partial charge in [0.1, 0.15) is 5.60 Å². The molecule has 1 aliphatic heterocycles. The predicted octanol–water partition coefficient (Wildman–Crippen LogP) is 2.81. The number of nitrogens with one attached hydrogen (secondary N) is 2. The summed E-state index contributed by atoms with van der Waals surface area (Å²) in [5.74, 6) is 0.302. The van der Waals surface area contributed by atoms with Gasteiger partial charge >= 0.3 is 6.09 Å². The lowest BCUT2D eigenvalue weighted by Gasteiger charge is -2.32. The number of likely N-dealkylation sites (tertiary alicyclic amines) is 1. The van der Waals surface area contributed by atoms with Crippen molar-refractivity contribution in [3.63, 3.8) is 0 Å². The van der Waals surface area contributed by atoms with Crippen molar-refractivity contribution < 1.29 is 19.1 Å². The Bertz CT molecular complexity index is 734. The van der Waals surface area contributed by atoms with Crippen molar-refractivity contribution in [3.8, 4) is 0 Å². The number of piperidine rings is 1. The molecule has 0 aromatic heterocycles. The van der Waals surface area contributed by atoms with Crippen LogP contribution in [-0.2, 0) is 20.7 Å². The van der Waals surface area contributed by atoms with Gasteiger partial charge in [-0.25, -0.2) is 4.79 Å². The highest BCUT2D eigenvalue weighted by atomic mass is 16.6. The van der Waals surface area contributed by atoms with E-state index in [1.54, 1.807) is 20.8 Å². The molecule has 1 saturated heterocycles. The minimum Gasteiger partial charge on any atom is -0.444 e. The fourth-order valence-corrected chi connectivity index (χ4v) is 3.46. The van der Waals surface area contributed by atoms with Crippen LogP contribution in [0, 0.1) is 12.8 Å². The summed E-state index contributed by atoms with van der Waals surface area (Å²) in [6.07, 6.45) is 2.44. The van der Waals surface area contributed by atoms with E-state index < -0.39 is 11.7 Å². The molecule has 0 saturated carbocycles. The Hall–Kier alpha value is -2.57. The lowest BCUT2D eigenvalue weighted by atomic mass is 9.96. The number of carbonyl (C=O) groups excluding carboxylic acids is 3. The third kappa shape index (κ3) is 8.43. The standard InChI is InChI=1S/C23H35N3O4/c1-17-7-5-6-8-19(17)9-10-21(28)26-13-11-18(12-14-26)15-24-20(27)16-25-22(29)30-23(2,3)4/h5-8,18H,9-16H2,1-4H3,(H,24,27)(H,25,29). The summed E-state index contributed by atoms with van der Waals surface area (Å²) in [6, 6.07) is 8.17. The minimum atomic E-state index is -0.602. The van der Waals surface area contributed by atoms with Crippen molar-refractivity contribution >= 4 is 17.9 Å². The smallest absolute Gasteiger partial charge is 0.408 e. The van der Waals surface area contributed by atoms with Crippen LogP contribution in [0.2, 0.25) is 0 Å². The van der Waals surface area contributed by atoms with Crippen LogP contribution < -0.4 is 10.6 Å². The van der Waals surface area contributed by atoms with Gasteiger partial charge in [0.2, 0.25) is 11.8 Å². The predicted molar refractivity (Wildman–Crippen MR) is 116 cm³/mol. The molecule has 1 aliphatic rings. The summed E-state index contributed by atoms with van der Waals surface area (Å²) in [4.78, 5) is 37.9. The van der Waals surface area contributed by atoms with Gasteiger partial charge in [0.25, 0.3) is 0 Å². The Morgan fingerprint density at radius 3 is 2.40 bits per heavy atom. The maximum Gasteiger partial charge on any atom is 0.408 e. The van der Waals surface area contributed by atoms with Crippen LogP contribution in [-0.4, -0.2) is 54.6 Å². The average Bonchev–Trinajstić information content (AvgIpc) is 2.69. The first kappa shape index (κ1) is 23.7. The van der Waals surface area contributed by atoms with Gasteiger partial charge in [-0.05, 0) is 64.0 Å². The van der Waals surface area contributed by atoms with Crippen LogP contribution in [0.15, 0.2) is 24.3 Å². The van der Waals surface area contributed by atoms with Crippen molar-refractivity contribution in [2.45, 2.75) is 59.0 Å². The molecular weight excluding hydrogens is 382 g/mol. The Morgan fingerprint density at radius 2 is 1.77 bits per heavy atom. The van der Waals surface area contributed by atoms with Gasteiger partial charge in [-0.15, -0.1) is 0 Å². The molecule has 166 valence electrons. The summed E-state index contributed by atoms with van der Waals surface area (Å²) in [6.45, 7) is 9.28. The van der Waals surface area contributed by atoms with E-state index in [0.717, 1.165) is 32.4 Å². The molecule has 0 aliphatic carbocycles. The Morgan fingerprint density at radius 1 is 1.10 bits per heavy atom. The van der Waals surface area contributed by atoms with E-state index in [0.29, 0.717) is 18.9 Å². The van der Waals surface area contributed by atoms with Gasteiger partial charge in [-0.1, -0.05) is 24.3 Å². The third-order valence-corrected chi connectivity index (χ3v) is 5.22. The van der Waals surface area contributed by atoms with E-state index >= 15 is 0 Å². The summed E-state index contributed by atoms with van der Waals surface area (Å²) in [5, 5.41) is 5.31. The highest BCUT2D eigenvalue weighted by Crippen LogP contribution is 2.18. The first-order valence-electron chi connectivity index (χ1n) is 10.7. The normalized spacial score (nSPS) is 14.9. The Kier molecular flexibility index (Phi) is 8.69. The van der Waals surface area contributed by atoms with Crippen LogP contribution in [0.1, 0.15) is 51.2 Å². The maximum absolute atomic E-state index is 12.5. The Labute approximate surface area is 179 Å². The molecule has 7 nitrogen and oxygen atoms in total. The molecule has 2 N–H and O–H groups in total. The Balaban J connectivity index is 1.62. The molecule has 0 bridgehead atoms. The van der Waals surface area contributed by atoms with Crippen LogP contribution in [0.3, 0.4) is 0 Å². The van der Waals surface area contributed by atoms with Crippen molar-refractivity contribution in [2.75, 3.05) is 26.2 Å². The van der Waals surface area contributed by atoms with Crippen molar-refractivity contribution in [1.82, 2.24) is 15.5 Å².